The molecule has 0 aliphatic rings. The number of hydrogen-bond acceptors (Lipinski definition) is 6. The summed E-state index contributed by atoms with van der Waals surface area (Å²) in [6, 6.07) is 15.1. The highest BCUT2D eigenvalue weighted by molar-refractivity contribution is 7.23. The average molecular weight is 505 g/mol. The Morgan fingerprint density at radius 3 is 2.48 bits per heavy atom. The number of likely N-dealkylation sites (N-methyl/N-ethyl adjacent to an activating group) is 1. The first-order valence-electron chi connectivity index (χ1n) is 10.6. The molecule has 0 atom stereocenters. The van der Waals surface area contributed by atoms with Gasteiger partial charge < -0.3 is 9.42 Å². The molecule has 2 aromatic carbocycles. The van der Waals surface area contributed by atoms with Crippen LogP contribution in [-0.4, -0.2) is 47.1 Å². The van der Waals surface area contributed by atoms with Gasteiger partial charge in [-0.2, -0.15) is 0 Å². The highest BCUT2D eigenvalue weighted by Gasteiger charge is 2.26. The molecule has 0 bridgehead atoms. The van der Waals surface area contributed by atoms with Crippen LogP contribution >= 0.6 is 35.3 Å². The van der Waals surface area contributed by atoms with Crippen LogP contribution in [0.3, 0.4) is 0 Å². The molecule has 1 amide bonds. The van der Waals surface area contributed by atoms with E-state index in [4.69, 9.17) is 21.1 Å². The maximum atomic E-state index is 13.5. The van der Waals surface area contributed by atoms with Gasteiger partial charge in [0.25, 0.3) is 5.91 Å². The third-order valence-electron chi connectivity index (χ3n) is 5.48. The summed E-state index contributed by atoms with van der Waals surface area (Å²) in [5.74, 6) is 0.316. The summed E-state index contributed by atoms with van der Waals surface area (Å²) in [6.45, 7) is 9.25. The van der Waals surface area contributed by atoms with E-state index in [-0.39, 0.29) is 24.0 Å². The van der Waals surface area contributed by atoms with Gasteiger partial charge in [-0.05, 0) is 31.6 Å². The number of rotatable bonds is 8. The van der Waals surface area contributed by atoms with Gasteiger partial charge in [0.2, 0.25) is 0 Å². The fourth-order valence-electron chi connectivity index (χ4n) is 3.52. The number of benzene rings is 2. The average Bonchev–Trinajstić information content (AvgIpc) is 3.48. The van der Waals surface area contributed by atoms with Crippen molar-refractivity contribution in [1.82, 2.24) is 15.0 Å². The van der Waals surface area contributed by atoms with Crippen LogP contribution in [0.1, 0.15) is 29.9 Å². The van der Waals surface area contributed by atoms with Crippen LogP contribution in [-0.2, 0) is 0 Å². The number of halogens is 2. The van der Waals surface area contributed by atoms with Crippen molar-refractivity contribution in [3.8, 4) is 11.3 Å². The number of aryl methyl sites for hydroxylation is 1. The maximum absolute atomic E-state index is 13.5. The Morgan fingerprint density at radius 2 is 1.82 bits per heavy atom. The number of carbonyl (C=O) groups is 1. The van der Waals surface area contributed by atoms with Crippen molar-refractivity contribution < 1.29 is 9.32 Å². The SMILES string of the molecule is CCN(CC)CCN(C(=O)c1cc(-c2ccccc2)on1)c1nc2c(C)ccc(Cl)c2s1.Cl. The molecule has 0 fully saturated rings. The molecule has 0 aliphatic carbocycles. The number of fused-ring (bicyclic) bond motifs is 1. The molecule has 6 nitrogen and oxygen atoms in total. The van der Waals surface area contributed by atoms with Gasteiger partial charge in [-0.3, -0.25) is 9.69 Å². The molecule has 4 aromatic rings. The normalized spacial score (nSPS) is 11.1. The Bertz CT molecular complexity index is 1180. The summed E-state index contributed by atoms with van der Waals surface area (Å²) in [5.41, 5.74) is 2.97. The Hall–Kier alpha value is -2.45. The molecule has 2 aromatic heterocycles. The fourth-order valence-corrected chi connectivity index (χ4v) is 4.87. The van der Waals surface area contributed by atoms with Crippen LogP contribution in [0.4, 0.5) is 5.13 Å². The number of amides is 1. The Morgan fingerprint density at radius 1 is 1.09 bits per heavy atom. The molecule has 9 heteroatoms. The number of thiazole rings is 1. The summed E-state index contributed by atoms with van der Waals surface area (Å²) >= 11 is 7.84. The van der Waals surface area contributed by atoms with Crippen LogP contribution in [0.2, 0.25) is 5.02 Å². The smallest absolute Gasteiger partial charge is 0.282 e. The molecular formula is C24H26Cl2N4O2S. The number of nitrogens with zero attached hydrogens (tertiary/aromatic N) is 4. The molecule has 0 N–H and O–H groups in total. The Labute approximate surface area is 208 Å². The molecule has 0 aliphatic heterocycles. The standard InChI is InChI=1S/C24H25ClN4O2S.ClH/c1-4-28(5-2)13-14-29(24-26-21-16(3)11-12-18(25)22(21)32-24)23(30)19-15-20(31-27-19)17-9-7-6-8-10-17;/h6-12,15H,4-5,13-14H2,1-3H3;1H. The van der Waals surface area contributed by atoms with Gasteiger partial charge >= 0.3 is 0 Å². The first-order chi connectivity index (χ1) is 15.5. The minimum atomic E-state index is -0.240. The van der Waals surface area contributed by atoms with E-state index in [2.05, 4.69) is 23.9 Å². The van der Waals surface area contributed by atoms with Crippen molar-refractivity contribution >= 4 is 56.6 Å². The monoisotopic (exact) mass is 504 g/mol. The van der Waals surface area contributed by atoms with E-state index >= 15 is 0 Å². The Balaban J connectivity index is 0.00000306. The quantitative estimate of drug-likeness (QED) is 0.280. The van der Waals surface area contributed by atoms with Gasteiger partial charge in [0.1, 0.15) is 0 Å². The molecule has 2 heterocycles. The predicted octanol–water partition coefficient (Wildman–Crippen LogP) is 6.32. The minimum absolute atomic E-state index is 0. The highest BCUT2D eigenvalue weighted by atomic mass is 35.5. The van der Waals surface area contributed by atoms with Crippen molar-refractivity contribution in [2.75, 3.05) is 31.1 Å². The lowest BCUT2D eigenvalue weighted by molar-refractivity contribution is 0.0975. The van der Waals surface area contributed by atoms with E-state index in [0.29, 0.717) is 22.5 Å². The summed E-state index contributed by atoms with van der Waals surface area (Å²) in [4.78, 5) is 22.3. The zero-order valence-corrected chi connectivity index (χ0v) is 21.1. The molecule has 0 unspecified atom stereocenters. The van der Waals surface area contributed by atoms with Crippen molar-refractivity contribution in [2.24, 2.45) is 0 Å². The van der Waals surface area contributed by atoms with E-state index in [1.54, 1.807) is 11.0 Å². The lowest BCUT2D eigenvalue weighted by Crippen LogP contribution is -2.39. The van der Waals surface area contributed by atoms with Gasteiger partial charge in [0, 0.05) is 24.7 Å². The summed E-state index contributed by atoms with van der Waals surface area (Å²) < 4.78 is 6.36. The first-order valence-corrected chi connectivity index (χ1v) is 11.8. The van der Waals surface area contributed by atoms with E-state index in [1.807, 2.05) is 49.4 Å². The molecule has 0 saturated heterocycles. The second kappa shape index (κ2) is 11.1. The van der Waals surface area contributed by atoms with Crippen molar-refractivity contribution in [3.05, 3.63) is 64.8 Å². The van der Waals surface area contributed by atoms with Crippen molar-refractivity contribution in [2.45, 2.75) is 20.8 Å². The zero-order chi connectivity index (χ0) is 22.7. The highest BCUT2D eigenvalue weighted by Crippen LogP contribution is 2.36. The second-order valence-corrected chi connectivity index (χ2v) is 8.85. The van der Waals surface area contributed by atoms with E-state index in [0.717, 1.165) is 41.0 Å². The third-order valence-corrected chi connectivity index (χ3v) is 7.02. The molecule has 0 saturated carbocycles. The number of anilines is 1. The van der Waals surface area contributed by atoms with Gasteiger partial charge in [-0.25, -0.2) is 4.98 Å². The van der Waals surface area contributed by atoms with Crippen LogP contribution in [0, 0.1) is 6.92 Å². The van der Waals surface area contributed by atoms with Gasteiger partial charge in [0.15, 0.2) is 16.6 Å². The van der Waals surface area contributed by atoms with Crippen LogP contribution in [0.15, 0.2) is 53.1 Å². The lowest BCUT2D eigenvalue weighted by Gasteiger charge is -2.24. The maximum Gasteiger partial charge on any atom is 0.282 e. The summed E-state index contributed by atoms with van der Waals surface area (Å²) in [7, 11) is 0. The van der Waals surface area contributed by atoms with Gasteiger partial charge in [0.05, 0.1) is 15.2 Å². The van der Waals surface area contributed by atoms with Gasteiger partial charge in [-0.1, -0.05) is 78.3 Å². The van der Waals surface area contributed by atoms with Crippen molar-refractivity contribution in [3.63, 3.8) is 0 Å². The van der Waals surface area contributed by atoms with Crippen LogP contribution < -0.4 is 4.90 Å². The zero-order valence-electron chi connectivity index (χ0n) is 18.7. The summed E-state index contributed by atoms with van der Waals surface area (Å²) in [5, 5.41) is 5.31. The predicted molar refractivity (Wildman–Crippen MR) is 138 cm³/mol. The molecule has 33 heavy (non-hydrogen) atoms. The molecule has 4 rings (SSSR count). The largest absolute Gasteiger partial charge is 0.355 e. The van der Waals surface area contributed by atoms with Gasteiger partial charge in [-0.15, -0.1) is 12.4 Å². The summed E-state index contributed by atoms with van der Waals surface area (Å²) in [6.07, 6.45) is 0. The van der Waals surface area contributed by atoms with Crippen molar-refractivity contribution in [1.29, 1.82) is 0 Å². The second-order valence-electron chi connectivity index (χ2n) is 7.46. The number of carbonyl (C=O) groups excluding carboxylic acids is 1. The first kappa shape index (κ1) is 25.2. The molecule has 0 spiro atoms. The van der Waals surface area contributed by atoms with Crippen LogP contribution in [0.5, 0.6) is 0 Å². The molecule has 174 valence electrons. The minimum Gasteiger partial charge on any atom is -0.355 e. The molecule has 0 radical (unpaired) electrons. The lowest BCUT2D eigenvalue weighted by atomic mass is 10.1. The number of aromatic nitrogens is 2. The number of hydrogen-bond donors (Lipinski definition) is 0. The van der Waals surface area contributed by atoms with E-state index < -0.39 is 0 Å². The van der Waals surface area contributed by atoms with Crippen LogP contribution in [0.25, 0.3) is 21.5 Å². The third kappa shape index (κ3) is 5.38. The van der Waals surface area contributed by atoms with E-state index in [9.17, 15) is 4.79 Å². The fraction of sp³-hybridized carbons (Fsp3) is 0.292. The van der Waals surface area contributed by atoms with E-state index in [1.165, 1.54) is 11.3 Å². The topological polar surface area (TPSA) is 62.5 Å². The molecular weight excluding hydrogens is 479 g/mol. The Kier molecular flexibility index (Phi) is 8.48.